The molecular formula is C28H30ClNO4S. The predicted molar refractivity (Wildman–Crippen MR) is 143 cm³/mol. The maximum Gasteiger partial charge on any atom is 0.343 e. The van der Waals surface area contributed by atoms with Crippen molar-refractivity contribution in [2.45, 2.75) is 37.5 Å². The van der Waals surface area contributed by atoms with E-state index in [2.05, 4.69) is 6.92 Å². The van der Waals surface area contributed by atoms with Crippen molar-refractivity contribution < 1.29 is 18.9 Å². The van der Waals surface area contributed by atoms with Gasteiger partial charge < -0.3 is 14.2 Å². The lowest BCUT2D eigenvalue weighted by Gasteiger charge is -2.20. The smallest absolute Gasteiger partial charge is 0.343 e. The zero-order valence-corrected chi connectivity index (χ0v) is 21.8. The van der Waals surface area contributed by atoms with E-state index in [1.807, 2.05) is 48.3 Å². The van der Waals surface area contributed by atoms with E-state index >= 15 is 0 Å². The fourth-order valence-corrected chi connectivity index (χ4v) is 5.16. The van der Waals surface area contributed by atoms with Crippen molar-refractivity contribution in [2.75, 3.05) is 24.8 Å². The van der Waals surface area contributed by atoms with Crippen LogP contribution in [0.2, 0.25) is 5.02 Å². The van der Waals surface area contributed by atoms with Crippen LogP contribution >= 0.6 is 11.6 Å². The molecule has 3 aromatic carbocycles. The molecule has 7 heteroatoms. The molecule has 0 aliphatic carbocycles. The first-order chi connectivity index (χ1) is 16.8. The Morgan fingerprint density at radius 1 is 0.943 bits per heavy atom. The van der Waals surface area contributed by atoms with Gasteiger partial charge in [0.15, 0.2) is 10.7 Å². The molecule has 0 N–H and O–H groups in total. The van der Waals surface area contributed by atoms with Crippen molar-refractivity contribution in [3.8, 4) is 0 Å². The average molecular weight is 512 g/mol. The molecule has 0 saturated carbocycles. The number of benzene rings is 3. The van der Waals surface area contributed by atoms with E-state index in [4.69, 9.17) is 16.3 Å². The maximum atomic E-state index is 13.3. The molecule has 0 heterocycles. The lowest BCUT2D eigenvalue weighted by Crippen LogP contribution is -2.15. The quantitative estimate of drug-likeness (QED) is 0.122. The van der Waals surface area contributed by atoms with Crippen LogP contribution in [-0.2, 0) is 15.9 Å². The summed E-state index contributed by atoms with van der Waals surface area (Å²) in [6.07, 6.45) is 3.98. The Hall–Kier alpha value is -2.80. The van der Waals surface area contributed by atoms with Gasteiger partial charge in [-0.15, -0.1) is 0 Å². The van der Waals surface area contributed by atoms with Crippen LogP contribution in [0.3, 0.4) is 0 Å². The molecule has 0 bridgehead atoms. The normalized spacial score (nSPS) is 11.7. The summed E-state index contributed by atoms with van der Waals surface area (Å²) in [4.78, 5) is 28.2. The van der Waals surface area contributed by atoms with E-state index in [1.54, 1.807) is 24.3 Å². The molecule has 0 radical (unpaired) electrons. The van der Waals surface area contributed by atoms with Gasteiger partial charge in [0.1, 0.15) is 11.3 Å². The molecule has 0 saturated heterocycles. The van der Waals surface area contributed by atoms with Crippen LogP contribution in [0.4, 0.5) is 11.4 Å². The van der Waals surface area contributed by atoms with Crippen molar-refractivity contribution in [3.05, 3.63) is 88.4 Å². The molecule has 1 unspecified atom stereocenters. The van der Waals surface area contributed by atoms with Gasteiger partial charge in [0.05, 0.1) is 7.11 Å². The largest absolute Gasteiger partial charge is 0.611 e. The molecule has 0 amide bonds. The summed E-state index contributed by atoms with van der Waals surface area (Å²) in [5.41, 5.74) is 2.74. The number of ketones is 1. The van der Waals surface area contributed by atoms with Gasteiger partial charge >= 0.3 is 5.97 Å². The Kier molecular flexibility index (Phi) is 9.78. The van der Waals surface area contributed by atoms with Gasteiger partial charge in [-0.05, 0) is 78.6 Å². The molecule has 3 aromatic rings. The lowest BCUT2D eigenvalue weighted by molar-refractivity contribution is 0.0596. The van der Waals surface area contributed by atoms with Gasteiger partial charge in [0.2, 0.25) is 0 Å². The Labute approximate surface area is 215 Å². The van der Waals surface area contributed by atoms with Gasteiger partial charge in [0.25, 0.3) is 0 Å². The standard InChI is InChI=1S/C28H30ClNO4S/c1-4-5-6-7-17-35(33)26-16-11-21(19-25(26)28(32)34-3)27(31)20-9-8-10-24(18-20)30(2)23-14-12-22(29)13-15-23/h8-16,18-19H,4-7,17H2,1-3H3. The summed E-state index contributed by atoms with van der Waals surface area (Å²) >= 11 is 4.65. The Bertz CT molecular complexity index is 1170. The minimum atomic E-state index is -1.35. The van der Waals surface area contributed by atoms with Crippen LogP contribution in [0.1, 0.15) is 58.9 Å². The van der Waals surface area contributed by atoms with Crippen molar-refractivity contribution in [3.63, 3.8) is 0 Å². The average Bonchev–Trinajstić information content (AvgIpc) is 2.89. The highest BCUT2D eigenvalue weighted by atomic mass is 35.5. The number of halogens is 1. The fraction of sp³-hybridized carbons (Fsp3) is 0.286. The number of unbranched alkanes of at least 4 members (excludes halogenated alkanes) is 3. The molecule has 0 aliphatic rings. The van der Waals surface area contributed by atoms with Crippen LogP contribution in [0, 0.1) is 0 Å². The van der Waals surface area contributed by atoms with Crippen LogP contribution < -0.4 is 4.90 Å². The highest BCUT2D eigenvalue weighted by molar-refractivity contribution is 7.91. The van der Waals surface area contributed by atoms with Gasteiger partial charge in [-0.1, -0.05) is 43.5 Å². The van der Waals surface area contributed by atoms with E-state index in [0.29, 0.717) is 26.8 Å². The van der Waals surface area contributed by atoms with Crippen molar-refractivity contribution >= 4 is 45.9 Å². The number of rotatable bonds is 11. The number of esters is 1. The highest BCUT2D eigenvalue weighted by Crippen LogP contribution is 2.27. The molecule has 3 rings (SSSR count). The number of carbonyl (C=O) groups excluding carboxylic acids is 2. The number of anilines is 2. The molecule has 5 nitrogen and oxygen atoms in total. The second-order valence-corrected chi connectivity index (χ2v) is 10.2. The number of ether oxygens (including phenoxy) is 1. The third-order valence-electron chi connectivity index (χ3n) is 5.79. The summed E-state index contributed by atoms with van der Waals surface area (Å²) in [5, 5.41) is 0.651. The van der Waals surface area contributed by atoms with Crippen molar-refractivity contribution in [2.24, 2.45) is 0 Å². The molecular weight excluding hydrogens is 482 g/mol. The Morgan fingerprint density at radius 3 is 2.34 bits per heavy atom. The zero-order valence-electron chi connectivity index (χ0n) is 20.3. The summed E-state index contributed by atoms with van der Waals surface area (Å²) in [5.74, 6) is -0.370. The minimum absolute atomic E-state index is 0.168. The van der Waals surface area contributed by atoms with Crippen LogP contribution in [0.15, 0.2) is 71.6 Å². The minimum Gasteiger partial charge on any atom is -0.611 e. The Morgan fingerprint density at radius 2 is 1.66 bits per heavy atom. The zero-order chi connectivity index (χ0) is 25.4. The summed E-state index contributed by atoms with van der Waals surface area (Å²) < 4.78 is 17.8. The molecule has 0 aromatic heterocycles. The summed E-state index contributed by atoms with van der Waals surface area (Å²) in [7, 11) is 3.19. The van der Waals surface area contributed by atoms with E-state index in [0.717, 1.165) is 37.1 Å². The number of nitrogens with zero attached hydrogens (tertiary/aromatic N) is 1. The van der Waals surface area contributed by atoms with Crippen LogP contribution in [0.25, 0.3) is 0 Å². The third-order valence-corrected chi connectivity index (χ3v) is 7.54. The molecule has 1 atom stereocenters. The number of hydrogen-bond donors (Lipinski definition) is 0. The van der Waals surface area contributed by atoms with E-state index in [9.17, 15) is 14.1 Å². The summed E-state index contributed by atoms with van der Waals surface area (Å²) in [6.45, 7) is 2.12. The molecule has 184 valence electrons. The second kappa shape index (κ2) is 12.8. The van der Waals surface area contributed by atoms with Gasteiger partial charge in [-0.3, -0.25) is 4.79 Å². The second-order valence-electron chi connectivity index (χ2n) is 8.23. The van der Waals surface area contributed by atoms with E-state index in [1.165, 1.54) is 13.2 Å². The topological polar surface area (TPSA) is 69.7 Å². The Balaban J connectivity index is 1.86. The van der Waals surface area contributed by atoms with Gasteiger partial charge in [-0.2, -0.15) is 0 Å². The molecule has 0 spiro atoms. The van der Waals surface area contributed by atoms with Crippen molar-refractivity contribution in [1.29, 1.82) is 0 Å². The predicted octanol–water partition coefficient (Wildman–Crippen LogP) is 6.81. The first-order valence-corrected chi connectivity index (χ1v) is 13.3. The van der Waals surface area contributed by atoms with E-state index < -0.39 is 17.1 Å². The number of carbonyl (C=O) groups is 2. The lowest BCUT2D eigenvalue weighted by atomic mass is 10.0. The number of methoxy groups -OCH3 is 1. The molecule has 0 fully saturated rings. The highest BCUT2D eigenvalue weighted by Gasteiger charge is 2.24. The monoisotopic (exact) mass is 511 g/mol. The SMILES string of the molecule is CCCCCC[S+]([O-])c1ccc(C(=O)c2cccc(N(C)c3ccc(Cl)cc3)c2)cc1C(=O)OC. The van der Waals surface area contributed by atoms with E-state index in [-0.39, 0.29) is 11.3 Å². The molecule has 35 heavy (non-hydrogen) atoms. The van der Waals surface area contributed by atoms with Crippen molar-refractivity contribution in [1.82, 2.24) is 0 Å². The fourth-order valence-electron chi connectivity index (χ4n) is 3.75. The third kappa shape index (κ3) is 6.88. The van der Waals surface area contributed by atoms with Gasteiger partial charge in [-0.25, -0.2) is 4.79 Å². The first-order valence-electron chi connectivity index (χ1n) is 11.6. The maximum absolute atomic E-state index is 13.3. The summed E-state index contributed by atoms with van der Waals surface area (Å²) in [6, 6.07) is 19.4. The first kappa shape index (κ1) is 26.8. The van der Waals surface area contributed by atoms with Crippen LogP contribution in [-0.4, -0.2) is 36.2 Å². The van der Waals surface area contributed by atoms with Gasteiger partial charge in [0, 0.05) is 34.6 Å². The number of hydrogen-bond acceptors (Lipinski definition) is 5. The van der Waals surface area contributed by atoms with Crippen LogP contribution in [0.5, 0.6) is 0 Å². The molecule has 0 aliphatic heterocycles.